The van der Waals surface area contributed by atoms with Crippen molar-refractivity contribution in [3.8, 4) is 6.07 Å². The van der Waals surface area contributed by atoms with Gasteiger partial charge in [0.1, 0.15) is 0 Å². The van der Waals surface area contributed by atoms with Gasteiger partial charge in [-0.25, -0.2) is 0 Å². The van der Waals surface area contributed by atoms with E-state index in [1.165, 1.54) is 29.2 Å². The summed E-state index contributed by atoms with van der Waals surface area (Å²) in [6, 6.07) is 14.1. The Morgan fingerprint density at radius 3 is 2.06 bits per heavy atom. The average molecular weight is 502 g/mol. The highest BCUT2D eigenvalue weighted by Crippen LogP contribution is 2.21. The molecule has 2 aromatic carbocycles. The monoisotopic (exact) mass is 501 g/mol. The van der Waals surface area contributed by atoms with Gasteiger partial charge in [-0.2, -0.15) is 5.26 Å². The fourth-order valence-electron chi connectivity index (χ4n) is 3.08. The van der Waals surface area contributed by atoms with E-state index in [2.05, 4.69) is 5.32 Å². The molecule has 0 aromatic heterocycles. The minimum atomic E-state index is -1.82. The molecule has 0 unspecified atom stereocenters. The number of carbonyl (C=O) groups excluding carboxylic acids is 4. The highest BCUT2D eigenvalue weighted by molar-refractivity contribution is 6.18. The van der Waals surface area contributed by atoms with Gasteiger partial charge in [-0.05, 0) is 42.0 Å². The molecule has 0 saturated heterocycles. The first-order chi connectivity index (χ1) is 16.7. The standard InChI is InChI=1S/C24H24ClN3O7/c1-15(30)34-21(23(32)27-19-7-3-17(13-26)4-8-19)22(35-16(2)31)24(33)28(12-11-25)20-9-5-18(14-29)6-10-20/h3-10,21-22,29H,11-12,14H2,1-2H3,(H,27,32)/t21-,22-/m1/s1. The van der Waals surface area contributed by atoms with Gasteiger partial charge in [0, 0.05) is 37.6 Å². The van der Waals surface area contributed by atoms with Crippen LogP contribution in [0.4, 0.5) is 11.4 Å². The van der Waals surface area contributed by atoms with E-state index in [0.717, 1.165) is 13.8 Å². The summed E-state index contributed by atoms with van der Waals surface area (Å²) in [6.07, 6.45) is -3.65. The maximum Gasteiger partial charge on any atom is 0.303 e. The van der Waals surface area contributed by atoms with E-state index in [1.54, 1.807) is 24.3 Å². The average Bonchev–Trinajstić information content (AvgIpc) is 2.84. The van der Waals surface area contributed by atoms with Crippen LogP contribution in [0, 0.1) is 11.3 Å². The number of aliphatic hydroxyl groups excluding tert-OH is 1. The number of carbonyl (C=O) groups is 4. The summed E-state index contributed by atoms with van der Waals surface area (Å²) in [5.41, 5.74) is 1.58. The predicted octanol–water partition coefficient (Wildman–Crippen LogP) is 2.12. The number of hydrogen-bond acceptors (Lipinski definition) is 8. The number of ether oxygens (including phenoxy) is 2. The van der Waals surface area contributed by atoms with Crippen molar-refractivity contribution >= 4 is 46.7 Å². The maximum atomic E-state index is 13.5. The van der Waals surface area contributed by atoms with Gasteiger partial charge >= 0.3 is 11.9 Å². The zero-order valence-corrected chi connectivity index (χ0v) is 19.8. The summed E-state index contributed by atoms with van der Waals surface area (Å²) in [5.74, 6) is -3.53. The molecule has 0 aliphatic heterocycles. The molecule has 35 heavy (non-hydrogen) atoms. The Morgan fingerprint density at radius 2 is 1.57 bits per heavy atom. The summed E-state index contributed by atoms with van der Waals surface area (Å²) in [5, 5.41) is 20.7. The van der Waals surface area contributed by atoms with Crippen LogP contribution < -0.4 is 10.2 Å². The first kappa shape index (κ1) is 27.3. The number of nitriles is 1. The summed E-state index contributed by atoms with van der Waals surface area (Å²) in [7, 11) is 0. The van der Waals surface area contributed by atoms with Crippen LogP contribution in [0.25, 0.3) is 0 Å². The zero-order valence-electron chi connectivity index (χ0n) is 19.1. The number of anilines is 2. The second-order valence-electron chi connectivity index (χ2n) is 7.24. The Kier molecular flexibility index (Phi) is 10.2. The lowest BCUT2D eigenvalue weighted by atomic mass is 10.1. The van der Waals surface area contributed by atoms with E-state index in [9.17, 15) is 24.3 Å². The molecule has 0 aliphatic rings. The second-order valence-corrected chi connectivity index (χ2v) is 7.62. The van der Waals surface area contributed by atoms with E-state index < -0.39 is 36.0 Å². The molecule has 0 saturated carbocycles. The van der Waals surface area contributed by atoms with Crippen LogP contribution in [-0.2, 0) is 35.3 Å². The Hall–Kier alpha value is -3.94. The summed E-state index contributed by atoms with van der Waals surface area (Å²) in [4.78, 5) is 51.4. The molecule has 0 spiro atoms. The van der Waals surface area contributed by atoms with Crippen LogP contribution in [0.5, 0.6) is 0 Å². The van der Waals surface area contributed by atoms with E-state index in [1.807, 2.05) is 6.07 Å². The number of benzene rings is 2. The number of hydrogen-bond donors (Lipinski definition) is 2. The third-order valence-corrected chi connectivity index (χ3v) is 4.82. The van der Waals surface area contributed by atoms with Crippen molar-refractivity contribution in [1.82, 2.24) is 0 Å². The van der Waals surface area contributed by atoms with Crippen LogP contribution >= 0.6 is 11.6 Å². The lowest BCUT2D eigenvalue weighted by molar-refractivity contribution is -0.172. The summed E-state index contributed by atoms with van der Waals surface area (Å²) < 4.78 is 10.3. The van der Waals surface area contributed by atoms with Gasteiger partial charge in [-0.1, -0.05) is 12.1 Å². The number of alkyl halides is 1. The fourth-order valence-corrected chi connectivity index (χ4v) is 3.25. The topological polar surface area (TPSA) is 146 Å². The number of aliphatic hydroxyl groups is 1. The Morgan fingerprint density at radius 1 is 1.00 bits per heavy atom. The molecule has 0 aliphatic carbocycles. The predicted molar refractivity (Wildman–Crippen MR) is 126 cm³/mol. The normalized spacial score (nSPS) is 12.0. The molecule has 2 N–H and O–H groups in total. The van der Waals surface area contributed by atoms with E-state index in [0.29, 0.717) is 16.8 Å². The summed E-state index contributed by atoms with van der Waals surface area (Å²) >= 11 is 5.89. The molecule has 0 heterocycles. The van der Waals surface area contributed by atoms with Crippen molar-refractivity contribution in [2.24, 2.45) is 0 Å². The quantitative estimate of drug-likeness (QED) is 0.372. The number of amides is 2. The third kappa shape index (κ3) is 7.81. The molecular weight excluding hydrogens is 478 g/mol. The van der Waals surface area contributed by atoms with Crippen molar-refractivity contribution in [1.29, 1.82) is 5.26 Å². The van der Waals surface area contributed by atoms with E-state index in [-0.39, 0.29) is 24.7 Å². The SMILES string of the molecule is CC(=O)O[C@@H](C(=O)Nc1ccc(C#N)cc1)[C@@H](OC(C)=O)C(=O)N(CCCl)c1ccc(CO)cc1. The number of halogens is 1. The van der Waals surface area contributed by atoms with Crippen LogP contribution in [0.1, 0.15) is 25.0 Å². The van der Waals surface area contributed by atoms with Gasteiger partial charge < -0.3 is 24.8 Å². The highest BCUT2D eigenvalue weighted by atomic mass is 35.5. The number of nitrogens with one attached hydrogen (secondary N) is 1. The fraction of sp³-hybridized carbons (Fsp3) is 0.292. The lowest BCUT2D eigenvalue weighted by Crippen LogP contribution is -2.53. The molecule has 10 nitrogen and oxygen atoms in total. The van der Waals surface area contributed by atoms with Gasteiger partial charge in [0.15, 0.2) is 0 Å². The maximum absolute atomic E-state index is 13.5. The number of nitrogens with zero attached hydrogens (tertiary/aromatic N) is 2. The van der Waals surface area contributed by atoms with Crippen molar-refractivity contribution in [2.75, 3.05) is 22.6 Å². The molecule has 2 aromatic rings. The molecule has 0 bridgehead atoms. The van der Waals surface area contributed by atoms with Crippen LogP contribution in [0.2, 0.25) is 0 Å². The minimum absolute atomic E-state index is 0.00987. The van der Waals surface area contributed by atoms with Crippen LogP contribution in [0.15, 0.2) is 48.5 Å². The summed E-state index contributed by atoms with van der Waals surface area (Å²) in [6.45, 7) is 1.87. The van der Waals surface area contributed by atoms with E-state index >= 15 is 0 Å². The van der Waals surface area contributed by atoms with Crippen molar-refractivity contribution in [2.45, 2.75) is 32.7 Å². The smallest absolute Gasteiger partial charge is 0.303 e. The molecule has 2 amide bonds. The largest absolute Gasteiger partial charge is 0.448 e. The first-order valence-electron chi connectivity index (χ1n) is 10.4. The first-order valence-corrected chi connectivity index (χ1v) is 11.0. The van der Waals surface area contributed by atoms with Gasteiger partial charge in [0.25, 0.3) is 11.8 Å². The van der Waals surface area contributed by atoms with E-state index in [4.69, 9.17) is 26.3 Å². The third-order valence-electron chi connectivity index (χ3n) is 4.65. The molecule has 0 fully saturated rings. The highest BCUT2D eigenvalue weighted by Gasteiger charge is 2.42. The van der Waals surface area contributed by atoms with Crippen molar-refractivity contribution < 1.29 is 33.8 Å². The molecule has 2 atom stereocenters. The van der Waals surface area contributed by atoms with Crippen molar-refractivity contribution in [3.63, 3.8) is 0 Å². The molecule has 2 rings (SSSR count). The molecular formula is C24H24ClN3O7. The van der Waals surface area contributed by atoms with Crippen molar-refractivity contribution in [3.05, 3.63) is 59.7 Å². The minimum Gasteiger partial charge on any atom is -0.448 e. The van der Waals surface area contributed by atoms with Gasteiger partial charge in [-0.3, -0.25) is 19.2 Å². The molecule has 11 heteroatoms. The molecule has 184 valence electrons. The number of esters is 2. The van der Waals surface area contributed by atoms with Crippen LogP contribution in [-0.4, -0.2) is 53.5 Å². The zero-order chi connectivity index (χ0) is 26.0. The van der Waals surface area contributed by atoms with Gasteiger partial charge in [0.05, 0.1) is 18.2 Å². The molecule has 0 radical (unpaired) electrons. The second kappa shape index (κ2) is 13.1. The van der Waals surface area contributed by atoms with Crippen LogP contribution in [0.3, 0.4) is 0 Å². The van der Waals surface area contributed by atoms with Gasteiger partial charge in [-0.15, -0.1) is 11.6 Å². The Balaban J connectivity index is 2.43. The number of rotatable bonds is 10. The Bertz CT molecular complexity index is 1100. The van der Waals surface area contributed by atoms with Gasteiger partial charge in [0.2, 0.25) is 12.2 Å². The Labute approximate surface area is 207 Å². The lowest BCUT2D eigenvalue weighted by Gasteiger charge is -2.30.